The summed E-state index contributed by atoms with van der Waals surface area (Å²) in [5, 5.41) is 2.04. The van der Waals surface area contributed by atoms with E-state index in [0.29, 0.717) is 13.7 Å². The first-order chi connectivity index (χ1) is 11.5. The van der Waals surface area contributed by atoms with E-state index in [4.69, 9.17) is 0 Å². The number of thioether (sulfide) groups is 1. The van der Waals surface area contributed by atoms with Crippen LogP contribution in [0.5, 0.6) is 0 Å². The number of carbonyl (C=O) groups is 2. The average Bonchev–Trinajstić information content (AvgIpc) is 2.89. The normalized spacial score (nSPS) is 20.0. The molecular formula is C14H22F3N3O4S. The van der Waals surface area contributed by atoms with Crippen molar-refractivity contribution in [2.24, 2.45) is 4.99 Å². The van der Waals surface area contributed by atoms with Gasteiger partial charge in [-0.15, -0.1) is 0 Å². The summed E-state index contributed by atoms with van der Waals surface area (Å²) in [6.07, 6.45) is -5.22. The molecule has 0 aromatic heterocycles. The van der Waals surface area contributed by atoms with E-state index in [2.05, 4.69) is 14.5 Å². The fraction of sp³-hybridized carbons (Fsp3) is 0.786. The molecule has 0 aliphatic carbocycles. The molecule has 0 saturated heterocycles. The van der Waals surface area contributed by atoms with Crippen molar-refractivity contribution in [1.82, 2.24) is 10.2 Å². The number of alkyl halides is 3. The zero-order chi connectivity index (χ0) is 19.4. The highest BCUT2D eigenvalue weighted by Crippen LogP contribution is 2.33. The predicted octanol–water partition coefficient (Wildman–Crippen LogP) is 2.37. The molecule has 0 fully saturated rings. The number of nitrogens with one attached hydrogen (secondary N) is 1. The van der Waals surface area contributed by atoms with Gasteiger partial charge in [-0.1, -0.05) is 18.7 Å². The molecule has 0 bridgehead atoms. The van der Waals surface area contributed by atoms with Gasteiger partial charge in [0.05, 0.1) is 13.2 Å². The summed E-state index contributed by atoms with van der Waals surface area (Å²) in [4.78, 5) is 29.7. The molecule has 0 aromatic carbocycles. The van der Waals surface area contributed by atoms with Crippen molar-refractivity contribution in [1.29, 1.82) is 0 Å². The topological polar surface area (TPSA) is 80.2 Å². The van der Waals surface area contributed by atoms with E-state index < -0.39 is 29.9 Å². The second kappa shape index (κ2) is 8.26. The number of amides is 2. The summed E-state index contributed by atoms with van der Waals surface area (Å²) in [6, 6.07) is -1.64. The Hall–Kier alpha value is -1.49. The second-order valence-corrected chi connectivity index (χ2v) is 6.95. The van der Waals surface area contributed by atoms with Crippen LogP contribution in [-0.2, 0) is 14.3 Å². The number of carbonyl (C=O) groups excluding carboxylic acids is 2. The van der Waals surface area contributed by atoms with Crippen molar-refractivity contribution < 1.29 is 32.2 Å². The Bertz CT molecular complexity index is 542. The number of hydrogen-bond donors (Lipinski definition) is 1. The van der Waals surface area contributed by atoms with Crippen LogP contribution in [0.2, 0.25) is 0 Å². The summed E-state index contributed by atoms with van der Waals surface area (Å²) in [5.41, 5.74) is -3.59. The van der Waals surface area contributed by atoms with Crippen LogP contribution in [0.4, 0.5) is 18.0 Å². The number of amidine groups is 1. The van der Waals surface area contributed by atoms with Crippen molar-refractivity contribution in [3.8, 4) is 0 Å². The first kappa shape index (κ1) is 21.6. The number of halogens is 3. The molecule has 25 heavy (non-hydrogen) atoms. The lowest BCUT2D eigenvalue weighted by molar-refractivity contribution is -0.277. The third-order valence-corrected chi connectivity index (χ3v) is 4.37. The molecule has 0 aromatic rings. The zero-order valence-electron chi connectivity index (χ0n) is 14.6. The number of esters is 1. The molecule has 1 aliphatic heterocycles. The number of nitrogens with zero attached hydrogens (tertiary/aromatic N) is 2. The molecule has 2 atom stereocenters. The summed E-state index contributed by atoms with van der Waals surface area (Å²) in [6.45, 7) is 6.62. The summed E-state index contributed by atoms with van der Waals surface area (Å²) >= 11 is 1.27. The van der Waals surface area contributed by atoms with E-state index in [1.165, 1.54) is 18.7 Å². The predicted molar refractivity (Wildman–Crippen MR) is 87.3 cm³/mol. The molecule has 0 saturated carbocycles. The number of ether oxygens (including phenoxy) is 2. The SMILES string of the molecule is CCOC(=O)[C@](NC(=O)N(C1=NC[C@H](C)S1)C(C)C)(OC)C(F)(F)F. The van der Waals surface area contributed by atoms with Crippen LogP contribution in [0, 0.1) is 0 Å². The molecule has 7 nitrogen and oxygen atoms in total. The molecule has 0 spiro atoms. The molecule has 0 unspecified atom stereocenters. The van der Waals surface area contributed by atoms with Gasteiger partial charge in [0.1, 0.15) is 0 Å². The quantitative estimate of drug-likeness (QED) is 0.581. The van der Waals surface area contributed by atoms with Crippen molar-refractivity contribution >= 4 is 28.9 Å². The first-order valence-electron chi connectivity index (χ1n) is 7.61. The Morgan fingerprint density at radius 3 is 2.40 bits per heavy atom. The lowest BCUT2D eigenvalue weighted by Crippen LogP contribution is -2.68. The summed E-state index contributed by atoms with van der Waals surface area (Å²) < 4.78 is 49.4. The maximum Gasteiger partial charge on any atom is 0.448 e. The molecule has 1 aliphatic rings. The van der Waals surface area contributed by atoms with E-state index >= 15 is 0 Å². The standard InChI is InChI=1S/C14H22F3N3O4S/c1-6-24-10(21)13(23-5,14(15,16)17)19-11(22)20(8(2)3)12-18-7-9(4)25-12/h8-9H,6-7H2,1-5H3,(H,19,22)/t9-,13-/m0/s1. The molecule has 11 heteroatoms. The van der Waals surface area contributed by atoms with E-state index in [1.54, 1.807) is 19.2 Å². The minimum Gasteiger partial charge on any atom is -0.462 e. The molecule has 1 heterocycles. The van der Waals surface area contributed by atoms with Gasteiger partial charge in [-0.05, 0) is 20.8 Å². The van der Waals surface area contributed by atoms with E-state index in [9.17, 15) is 22.8 Å². The smallest absolute Gasteiger partial charge is 0.448 e. The van der Waals surface area contributed by atoms with Gasteiger partial charge >= 0.3 is 23.9 Å². The first-order valence-corrected chi connectivity index (χ1v) is 8.49. The van der Waals surface area contributed by atoms with Gasteiger partial charge in [0.15, 0.2) is 5.17 Å². The maximum absolute atomic E-state index is 13.5. The zero-order valence-corrected chi connectivity index (χ0v) is 15.5. The lowest BCUT2D eigenvalue weighted by Gasteiger charge is -2.35. The number of aliphatic imine (C=N–C) groups is 1. The number of urea groups is 1. The van der Waals surface area contributed by atoms with Gasteiger partial charge in [-0.3, -0.25) is 15.2 Å². The highest BCUT2D eigenvalue weighted by Gasteiger charge is 2.65. The van der Waals surface area contributed by atoms with Crippen molar-refractivity contribution in [3.63, 3.8) is 0 Å². The van der Waals surface area contributed by atoms with Gasteiger partial charge in [0.2, 0.25) is 0 Å². The Morgan fingerprint density at radius 2 is 2.04 bits per heavy atom. The van der Waals surface area contributed by atoms with Crippen LogP contribution >= 0.6 is 11.8 Å². The third kappa shape index (κ3) is 4.57. The van der Waals surface area contributed by atoms with Crippen molar-refractivity contribution in [2.45, 2.75) is 50.9 Å². The molecule has 144 valence electrons. The maximum atomic E-state index is 13.5. The Balaban J connectivity index is 3.17. The van der Waals surface area contributed by atoms with Gasteiger partial charge < -0.3 is 9.47 Å². The van der Waals surface area contributed by atoms with Crippen molar-refractivity contribution in [2.75, 3.05) is 20.3 Å². The number of hydrogen-bond acceptors (Lipinski definition) is 6. The lowest BCUT2D eigenvalue weighted by atomic mass is 10.2. The van der Waals surface area contributed by atoms with Gasteiger partial charge in [-0.2, -0.15) is 13.2 Å². The van der Waals surface area contributed by atoms with Gasteiger partial charge in [-0.25, -0.2) is 9.59 Å². The summed E-state index contributed by atoms with van der Waals surface area (Å²) in [7, 11) is 0.675. The largest absolute Gasteiger partial charge is 0.462 e. The molecule has 2 amide bonds. The molecular weight excluding hydrogens is 363 g/mol. The summed E-state index contributed by atoms with van der Waals surface area (Å²) in [5.74, 6) is -1.74. The fourth-order valence-corrected chi connectivity index (χ4v) is 3.13. The third-order valence-electron chi connectivity index (χ3n) is 3.28. The fourth-order valence-electron chi connectivity index (χ4n) is 2.07. The molecule has 1 N–H and O–H groups in total. The van der Waals surface area contributed by atoms with Crippen LogP contribution in [0.1, 0.15) is 27.7 Å². The number of rotatable bonds is 5. The Labute approximate surface area is 148 Å². The van der Waals surface area contributed by atoms with Gasteiger partial charge in [0, 0.05) is 18.4 Å². The van der Waals surface area contributed by atoms with Crippen molar-refractivity contribution in [3.05, 3.63) is 0 Å². The van der Waals surface area contributed by atoms with Crippen LogP contribution in [0.15, 0.2) is 4.99 Å². The van der Waals surface area contributed by atoms with Gasteiger partial charge in [0.25, 0.3) is 0 Å². The van der Waals surface area contributed by atoms with E-state index in [1.807, 2.05) is 6.92 Å². The van der Waals surface area contributed by atoms with E-state index in [0.717, 1.165) is 4.90 Å². The van der Waals surface area contributed by atoms with Crippen LogP contribution in [-0.4, -0.2) is 65.5 Å². The second-order valence-electron chi connectivity index (χ2n) is 5.55. The van der Waals surface area contributed by atoms with Crippen LogP contribution < -0.4 is 5.32 Å². The monoisotopic (exact) mass is 385 g/mol. The van der Waals surface area contributed by atoms with Crippen LogP contribution in [0.3, 0.4) is 0 Å². The Kier molecular flexibility index (Phi) is 7.12. The van der Waals surface area contributed by atoms with E-state index in [-0.39, 0.29) is 17.0 Å². The number of methoxy groups -OCH3 is 1. The van der Waals surface area contributed by atoms with Crippen LogP contribution in [0.25, 0.3) is 0 Å². The highest BCUT2D eigenvalue weighted by molar-refractivity contribution is 8.14. The Morgan fingerprint density at radius 1 is 1.44 bits per heavy atom. The minimum absolute atomic E-state index is 0.101. The minimum atomic E-state index is -5.22. The average molecular weight is 385 g/mol. The highest BCUT2D eigenvalue weighted by atomic mass is 32.2. The molecule has 0 radical (unpaired) electrons. The molecule has 1 rings (SSSR count).